The summed E-state index contributed by atoms with van der Waals surface area (Å²) < 4.78 is 6.78. The number of nitrogens with two attached hydrogens (primary N) is 1. The molecule has 0 radical (unpaired) electrons. The van der Waals surface area contributed by atoms with Crippen molar-refractivity contribution in [3.63, 3.8) is 0 Å². The first kappa shape index (κ1) is 12.4. The smallest absolute Gasteiger partial charge is 0.206 e. The van der Waals surface area contributed by atoms with Crippen molar-refractivity contribution in [1.82, 2.24) is 14.5 Å². The Bertz CT molecular complexity index is 747. The number of nitriles is 1. The number of hydrogen-bond donors (Lipinski definition) is 3. The summed E-state index contributed by atoms with van der Waals surface area (Å²) in [6.07, 6.45) is -0.615. The molecule has 8 heteroatoms. The maximum atomic E-state index is 9.98. The molecular formula is C12H11N5O3. The van der Waals surface area contributed by atoms with Crippen molar-refractivity contribution in [3.8, 4) is 6.07 Å². The molecule has 4 N–H and O–H groups in total. The zero-order valence-electron chi connectivity index (χ0n) is 10.3. The van der Waals surface area contributed by atoms with E-state index in [1.807, 2.05) is 6.07 Å². The first-order valence-electron chi connectivity index (χ1n) is 5.77. The standard InChI is InChI=1S/C12H11N5O3/c1-5-8(18)9(19)12(20-5)17-3-6(2-13)7-10(14)15-4-16-11(7)17/h3-4,8-9,12,18-19H,1H2,(H2,14,15,16)/t8-,9-,12-/m1/s1. The molecule has 8 nitrogen and oxygen atoms in total. The predicted octanol–water partition coefficient (Wildman–Crippen LogP) is -0.351. The van der Waals surface area contributed by atoms with Crippen LogP contribution in [0.4, 0.5) is 5.82 Å². The van der Waals surface area contributed by atoms with Crippen LogP contribution in [0, 0.1) is 11.3 Å². The number of aliphatic hydroxyl groups is 2. The summed E-state index contributed by atoms with van der Waals surface area (Å²) in [5, 5.41) is 29.2. The lowest BCUT2D eigenvalue weighted by Gasteiger charge is -2.16. The molecule has 1 aliphatic rings. The van der Waals surface area contributed by atoms with Gasteiger partial charge in [-0.2, -0.15) is 5.26 Å². The van der Waals surface area contributed by atoms with Gasteiger partial charge >= 0.3 is 0 Å². The van der Waals surface area contributed by atoms with Gasteiger partial charge in [-0.25, -0.2) is 9.97 Å². The Morgan fingerprint density at radius 2 is 2.20 bits per heavy atom. The summed E-state index contributed by atoms with van der Waals surface area (Å²) in [6.45, 7) is 3.52. The lowest BCUT2D eigenvalue weighted by molar-refractivity contribution is -0.0115. The third-order valence-electron chi connectivity index (χ3n) is 3.25. The van der Waals surface area contributed by atoms with E-state index in [2.05, 4.69) is 16.5 Å². The van der Waals surface area contributed by atoms with Crippen LogP contribution in [0.15, 0.2) is 24.9 Å². The summed E-state index contributed by atoms with van der Waals surface area (Å²) in [4.78, 5) is 7.89. The van der Waals surface area contributed by atoms with Gasteiger partial charge in [-0.1, -0.05) is 6.58 Å². The molecular weight excluding hydrogens is 262 g/mol. The van der Waals surface area contributed by atoms with E-state index in [4.69, 9.17) is 15.7 Å². The Labute approximate surface area is 113 Å². The number of rotatable bonds is 1. The van der Waals surface area contributed by atoms with E-state index in [1.54, 1.807) is 0 Å². The van der Waals surface area contributed by atoms with Gasteiger partial charge in [-0.15, -0.1) is 0 Å². The SMILES string of the molecule is C=C1O[C@@H](n2cc(C#N)c3c(N)ncnc32)[C@H](O)[C@@H]1O. The highest BCUT2D eigenvalue weighted by Crippen LogP contribution is 2.35. The van der Waals surface area contributed by atoms with Crippen LogP contribution in [0.1, 0.15) is 11.8 Å². The first-order valence-corrected chi connectivity index (χ1v) is 5.77. The fraction of sp³-hybridized carbons (Fsp3) is 0.250. The Balaban J connectivity index is 2.21. The number of nitrogen functional groups attached to an aromatic ring is 1. The lowest BCUT2D eigenvalue weighted by Crippen LogP contribution is -2.27. The third kappa shape index (κ3) is 1.54. The number of aliphatic hydroxyl groups excluding tert-OH is 2. The van der Waals surface area contributed by atoms with Crippen LogP contribution in [0.5, 0.6) is 0 Å². The Morgan fingerprint density at radius 1 is 1.45 bits per heavy atom. The molecule has 3 atom stereocenters. The molecule has 20 heavy (non-hydrogen) atoms. The highest BCUT2D eigenvalue weighted by atomic mass is 16.5. The highest BCUT2D eigenvalue weighted by Gasteiger charge is 2.40. The van der Waals surface area contributed by atoms with Gasteiger partial charge in [-0.3, -0.25) is 4.57 Å². The largest absolute Gasteiger partial charge is 0.469 e. The molecule has 0 amide bonds. The molecule has 0 saturated carbocycles. The second kappa shape index (κ2) is 4.19. The average Bonchev–Trinajstić information content (AvgIpc) is 2.93. The first-order chi connectivity index (χ1) is 9.54. The minimum Gasteiger partial charge on any atom is -0.469 e. The van der Waals surface area contributed by atoms with Crippen LogP contribution in [-0.4, -0.2) is 37.0 Å². The number of anilines is 1. The molecule has 1 saturated heterocycles. The van der Waals surface area contributed by atoms with Crippen LogP contribution in [0.25, 0.3) is 11.0 Å². The molecule has 1 aliphatic heterocycles. The van der Waals surface area contributed by atoms with Crippen LogP contribution in [-0.2, 0) is 4.74 Å². The van der Waals surface area contributed by atoms with Gasteiger partial charge in [0, 0.05) is 6.20 Å². The molecule has 3 heterocycles. The third-order valence-corrected chi connectivity index (χ3v) is 3.25. The summed E-state index contributed by atoms with van der Waals surface area (Å²) in [5.74, 6) is 0.224. The average molecular weight is 273 g/mol. The minimum absolute atomic E-state index is 0.0601. The number of hydrogen-bond acceptors (Lipinski definition) is 7. The normalized spacial score (nSPS) is 25.6. The van der Waals surface area contributed by atoms with Crippen molar-refractivity contribution in [1.29, 1.82) is 5.26 Å². The van der Waals surface area contributed by atoms with Gasteiger partial charge in [0.15, 0.2) is 0 Å². The number of nitrogens with zero attached hydrogens (tertiary/aromatic N) is 4. The fourth-order valence-corrected chi connectivity index (χ4v) is 2.25. The van der Waals surface area contributed by atoms with Gasteiger partial charge < -0.3 is 20.7 Å². The summed E-state index contributed by atoms with van der Waals surface area (Å²) in [6, 6.07) is 1.99. The summed E-state index contributed by atoms with van der Waals surface area (Å²) in [5.41, 5.74) is 6.36. The molecule has 0 spiro atoms. The van der Waals surface area contributed by atoms with Crippen molar-refractivity contribution in [3.05, 3.63) is 30.4 Å². The predicted molar refractivity (Wildman–Crippen MR) is 67.9 cm³/mol. The second-order valence-corrected chi connectivity index (χ2v) is 4.43. The van der Waals surface area contributed by atoms with Crippen molar-refractivity contribution >= 4 is 16.9 Å². The number of aromatic nitrogens is 3. The zero-order chi connectivity index (χ0) is 14.4. The van der Waals surface area contributed by atoms with Crippen molar-refractivity contribution in [2.24, 2.45) is 0 Å². The van der Waals surface area contributed by atoms with E-state index in [9.17, 15) is 10.2 Å². The molecule has 1 fully saturated rings. The number of fused-ring (bicyclic) bond motifs is 1. The Hall–Kier alpha value is -2.63. The molecule has 3 rings (SSSR count). The molecule has 0 aliphatic carbocycles. The van der Waals surface area contributed by atoms with Gasteiger partial charge in [0.2, 0.25) is 6.23 Å². The summed E-state index contributed by atoms with van der Waals surface area (Å²) >= 11 is 0. The molecule has 0 aromatic carbocycles. The summed E-state index contributed by atoms with van der Waals surface area (Å²) in [7, 11) is 0. The van der Waals surface area contributed by atoms with E-state index < -0.39 is 18.4 Å². The molecule has 2 aromatic rings. The van der Waals surface area contributed by atoms with E-state index in [1.165, 1.54) is 17.1 Å². The molecule has 2 aromatic heterocycles. The monoisotopic (exact) mass is 273 g/mol. The van der Waals surface area contributed by atoms with Crippen LogP contribution in [0.3, 0.4) is 0 Å². The minimum atomic E-state index is -1.21. The Morgan fingerprint density at radius 3 is 2.80 bits per heavy atom. The quantitative estimate of drug-likeness (QED) is 0.647. The molecule has 0 bridgehead atoms. The van der Waals surface area contributed by atoms with E-state index >= 15 is 0 Å². The maximum absolute atomic E-state index is 9.98. The molecule has 0 unspecified atom stereocenters. The number of ether oxygens (including phenoxy) is 1. The fourth-order valence-electron chi connectivity index (χ4n) is 2.25. The zero-order valence-corrected chi connectivity index (χ0v) is 10.3. The van der Waals surface area contributed by atoms with E-state index in [0.29, 0.717) is 11.0 Å². The Kier molecular flexibility index (Phi) is 2.60. The lowest BCUT2D eigenvalue weighted by atomic mass is 10.2. The highest BCUT2D eigenvalue weighted by molar-refractivity contribution is 5.91. The van der Waals surface area contributed by atoms with Crippen molar-refractivity contribution in [2.45, 2.75) is 18.4 Å². The van der Waals surface area contributed by atoms with Gasteiger partial charge in [0.1, 0.15) is 41.8 Å². The van der Waals surface area contributed by atoms with E-state index in [0.717, 1.165) is 0 Å². The van der Waals surface area contributed by atoms with Crippen LogP contribution in [0.2, 0.25) is 0 Å². The van der Waals surface area contributed by atoms with Gasteiger partial charge in [0.25, 0.3) is 0 Å². The van der Waals surface area contributed by atoms with Gasteiger partial charge in [0.05, 0.1) is 10.9 Å². The van der Waals surface area contributed by atoms with Crippen molar-refractivity contribution < 1.29 is 14.9 Å². The maximum Gasteiger partial charge on any atom is 0.206 e. The van der Waals surface area contributed by atoms with Crippen LogP contribution >= 0.6 is 0 Å². The molecule has 102 valence electrons. The van der Waals surface area contributed by atoms with Crippen LogP contribution < -0.4 is 5.73 Å². The second-order valence-electron chi connectivity index (χ2n) is 4.43. The van der Waals surface area contributed by atoms with Crippen molar-refractivity contribution in [2.75, 3.05) is 5.73 Å². The van der Waals surface area contributed by atoms with Gasteiger partial charge in [-0.05, 0) is 0 Å². The van der Waals surface area contributed by atoms with E-state index in [-0.39, 0.29) is 17.1 Å². The topological polar surface area (TPSA) is 130 Å².